The predicted molar refractivity (Wildman–Crippen MR) is 90.9 cm³/mol. The van der Waals surface area contributed by atoms with Gasteiger partial charge in [0.05, 0.1) is 0 Å². The zero-order valence-corrected chi connectivity index (χ0v) is 14.6. The standard InChI is InChI=1S/C15H18BrN3O2S/c1-2-13(8-11-6-4-3-5-7-11)19-22(20,21)14-9-12(16)10-18-15(14)17/h3-7,9-10,13,19H,2,8H2,1H3,(H2,17,18). The maximum absolute atomic E-state index is 12.5. The first-order chi connectivity index (χ1) is 10.4. The van der Waals surface area contributed by atoms with Gasteiger partial charge in [0.15, 0.2) is 0 Å². The largest absolute Gasteiger partial charge is 0.383 e. The highest BCUT2D eigenvalue weighted by atomic mass is 79.9. The first kappa shape index (κ1) is 16.9. The lowest BCUT2D eigenvalue weighted by Crippen LogP contribution is -2.36. The Hall–Kier alpha value is -1.44. The number of hydrogen-bond donors (Lipinski definition) is 2. The van der Waals surface area contributed by atoms with Crippen LogP contribution in [0.3, 0.4) is 0 Å². The molecule has 1 atom stereocenters. The minimum absolute atomic E-state index is 0.00612. The van der Waals surface area contributed by atoms with E-state index in [2.05, 4.69) is 25.6 Å². The van der Waals surface area contributed by atoms with E-state index in [0.29, 0.717) is 17.3 Å². The Morgan fingerprint density at radius 3 is 2.64 bits per heavy atom. The van der Waals surface area contributed by atoms with E-state index in [-0.39, 0.29) is 16.8 Å². The minimum atomic E-state index is -3.71. The third-order valence-corrected chi connectivity index (χ3v) is 5.26. The fraction of sp³-hybridized carbons (Fsp3) is 0.267. The van der Waals surface area contributed by atoms with Gasteiger partial charge in [0.25, 0.3) is 0 Å². The van der Waals surface area contributed by atoms with Crippen LogP contribution in [0.4, 0.5) is 5.82 Å². The highest BCUT2D eigenvalue weighted by molar-refractivity contribution is 9.10. The Balaban J connectivity index is 2.20. The number of halogens is 1. The van der Waals surface area contributed by atoms with E-state index in [0.717, 1.165) is 5.56 Å². The first-order valence-electron chi connectivity index (χ1n) is 6.89. The smallest absolute Gasteiger partial charge is 0.244 e. The predicted octanol–water partition coefficient (Wildman–Crippen LogP) is 2.73. The van der Waals surface area contributed by atoms with Crippen LogP contribution in [0.5, 0.6) is 0 Å². The van der Waals surface area contributed by atoms with Crippen molar-refractivity contribution in [3.8, 4) is 0 Å². The van der Waals surface area contributed by atoms with Gasteiger partial charge in [-0.3, -0.25) is 0 Å². The summed E-state index contributed by atoms with van der Waals surface area (Å²) in [6.45, 7) is 1.94. The maximum Gasteiger partial charge on any atom is 0.244 e. The molecule has 3 N–H and O–H groups in total. The van der Waals surface area contributed by atoms with Crippen molar-refractivity contribution in [2.24, 2.45) is 0 Å². The van der Waals surface area contributed by atoms with Gasteiger partial charge in [0.2, 0.25) is 10.0 Å². The summed E-state index contributed by atoms with van der Waals surface area (Å²) in [5.41, 5.74) is 6.78. The van der Waals surface area contributed by atoms with Crippen LogP contribution in [0, 0.1) is 0 Å². The monoisotopic (exact) mass is 383 g/mol. The molecule has 2 rings (SSSR count). The van der Waals surface area contributed by atoms with Crippen LogP contribution in [0.25, 0.3) is 0 Å². The van der Waals surface area contributed by atoms with E-state index < -0.39 is 10.0 Å². The van der Waals surface area contributed by atoms with Gasteiger partial charge < -0.3 is 5.73 Å². The number of benzene rings is 1. The summed E-state index contributed by atoms with van der Waals surface area (Å²) in [6.07, 6.45) is 2.77. The van der Waals surface area contributed by atoms with Gasteiger partial charge in [-0.15, -0.1) is 0 Å². The van der Waals surface area contributed by atoms with Gasteiger partial charge in [0, 0.05) is 16.7 Å². The molecule has 22 heavy (non-hydrogen) atoms. The van der Waals surface area contributed by atoms with Crippen LogP contribution in [0.15, 0.2) is 52.0 Å². The number of pyridine rings is 1. The summed E-state index contributed by atoms with van der Waals surface area (Å²) in [5, 5.41) is 0. The molecule has 0 bridgehead atoms. The number of anilines is 1. The Labute approximate surface area is 139 Å². The van der Waals surface area contributed by atoms with Crippen LogP contribution in [-0.2, 0) is 16.4 Å². The molecule has 0 saturated heterocycles. The Morgan fingerprint density at radius 1 is 1.32 bits per heavy atom. The number of hydrogen-bond acceptors (Lipinski definition) is 4. The van der Waals surface area contributed by atoms with Crippen molar-refractivity contribution in [1.29, 1.82) is 0 Å². The fourth-order valence-electron chi connectivity index (χ4n) is 2.10. The molecule has 1 aromatic carbocycles. The highest BCUT2D eigenvalue weighted by Crippen LogP contribution is 2.21. The number of sulfonamides is 1. The average Bonchev–Trinajstić information content (AvgIpc) is 2.49. The number of rotatable bonds is 6. The van der Waals surface area contributed by atoms with E-state index in [9.17, 15) is 8.42 Å². The van der Waals surface area contributed by atoms with Crippen molar-refractivity contribution < 1.29 is 8.42 Å². The molecular formula is C15H18BrN3O2S. The lowest BCUT2D eigenvalue weighted by Gasteiger charge is -2.18. The van der Waals surface area contributed by atoms with Gasteiger partial charge in [-0.05, 0) is 40.4 Å². The van der Waals surface area contributed by atoms with Crippen molar-refractivity contribution in [3.63, 3.8) is 0 Å². The molecule has 0 aliphatic rings. The molecule has 0 aliphatic heterocycles. The van der Waals surface area contributed by atoms with Crippen LogP contribution < -0.4 is 10.5 Å². The number of nitrogens with one attached hydrogen (secondary N) is 1. The van der Waals surface area contributed by atoms with E-state index in [1.165, 1.54) is 12.3 Å². The fourth-order valence-corrected chi connectivity index (χ4v) is 4.01. The molecular weight excluding hydrogens is 366 g/mol. The van der Waals surface area contributed by atoms with E-state index in [4.69, 9.17) is 5.73 Å². The zero-order chi connectivity index (χ0) is 16.2. The topological polar surface area (TPSA) is 85.1 Å². The molecule has 0 fully saturated rings. The Morgan fingerprint density at radius 2 is 2.00 bits per heavy atom. The number of nitrogens with zero attached hydrogens (tertiary/aromatic N) is 1. The van der Waals surface area contributed by atoms with Crippen LogP contribution in [0.1, 0.15) is 18.9 Å². The molecule has 1 unspecified atom stereocenters. The third-order valence-electron chi connectivity index (χ3n) is 3.28. The second-order valence-electron chi connectivity index (χ2n) is 4.95. The molecule has 5 nitrogen and oxygen atoms in total. The molecule has 1 aromatic heterocycles. The molecule has 0 spiro atoms. The highest BCUT2D eigenvalue weighted by Gasteiger charge is 2.22. The van der Waals surface area contributed by atoms with Crippen molar-refractivity contribution >= 4 is 31.8 Å². The van der Waals surface area contributed by atoms with Gasteiger partial charge in [-0.25, -0.2) is 18.1 Å². The summed E-state index contributed by atoms with van der Waals surface area (Å²) in [7, 11) is -3.71. The summed E-state index contributed by atoms with van der Waals surface area (Å²) < 4.78 is 28.3. The van der Waals surface area contributed by atoms with E-state index in [1.807, 2.05) is 37.3 Å². The van der Waals surface area contributed by atoms with Crippen molar-refractivity contribution in [2.45, 2.75) is 30.7 Å². The summed E-state index contributed by atoms with van der Waals surface area (Å²) in [6, 6.07) is 11.0. The van der Waals surface area contributed by atoms with Gasteiger partial charge >= 0.3 is 0 Å². The van der Waals surface area contributed by atoms with Gasteiger partial charge in [0.1, 0.15) is 10.7 Å². The SMILES string of the molecule is CCC(Cc1ccccc1)NS(=O)(=O)c1cc(Br)cnc1N. The zero-order valence-electron chi connectivity index (χ0n) is 12.2. The second-order valence-corrected chi connectivity index (χ2v) is 7.55. The molecule has 0 saturated carbocycles. The van der Waals surface area contributed by atoms with E-state index in [1.54, 1.807) is 0 Å². The molecule has 0 radical (unpaired) electrons. The lowest BCUT2D eigenvalue weighted by molar-refractivity contribution is 0.537. The third kappa shape index (κ3) is 4.28. The van der Waals surface area contributed by atoms with Crippen molar-refractivity contribution in [1.82, 2.24) is 9.71 Å². The molecule has 2 aromatic rings. The van der Waals surface area contributed by atoms with Crippen LogP contribution in [0.2, 0.25) is 0 Å². The summed E-state index contributed by atoms with van der Waals surface area (Å²) in [5.74, 6) is -0.00901. The van der Waals surface area contributed by atoms with Crippen LogP contribution >= 0.6 is 15.9 Å². The molecule has 118 valence electrons. The summed E-state index contributed by atoms with van der Waals surface area (Å²) >= 11 is 3.22. The van der Waals surface area contributed by atoms with Gasteiger partial charge in [-0.1, -0.05) is 37.3 Å². The normalized spacial score (nSPS) is 13.0. The Kier molecular flexibility index (Phi) is 5.55. The first-order valence-corrected chi connectivity index (χ1v) is 9.17. The van der Waals surface area contributed by atoms with E-state index >= 15 is 0 Å². The van der Waals surface area contributed by atoms with Crippen molar-refractivity contribution in [2.75, 3.05) is 5.73 Å². The minimum Gasteiger partial charge on any atom is -0.383 e. The number of nitrogens with two attached hydrogens (primary N) is 1. The summed E-state index contributed by atoms with van der Waals surface area (Å²) in [4.78, 5) is 3.87. The molecule has 0 amide bonds. The lowest BCUT2D eigenvalue weighted by atomic mass is 10.1. The Bertz CT molecular complexity index is 736. The number of aromatic nitrogens is 1. The average molecular weight is 384 g/mol. The molecule has 7 heteroatoms. The van der Waals surface area contributed by atoms with Crippen molar-refractivity contribution in [3.05, 3.63) is 52.6 Å². The molecule has 1 heterocycles. The molecule has 0 aliphatic carbocycles. The number of nitrogen functional groups attached to an aromatic ring is 1. The quantitative estimate of drug-likeness (QED) is 0.802. The second kappa shape index (κ2) is 7.21. The maximum atomic E-state index is 12.5. The van der Waals surface area contributed by atoms with Gasteiger partial charge in [-0.2, -0.15) is 0 Å². The van der Waals surface area contributed by atoms with Crippen LogP contribution in [-0.4, -0.2) is 19.4 Å².